The van der Waals surface area contributed by atoms with Crippen LogP contribution in [0.1, 0.15) is 12.6 Å². The predicted molar refractivity (Wildman–Crippen MR) is 84.8 cm³/mol. The normalized spacial score (nSPS) is 16.6. The monoisotopic (exact) mass is 297 g/mol. The van der Waals surface area contributed by atoms with Crippen molar-refractivity contribution in [2.45, 2.75) is 19.6 Å². The number of pyridine rings is 1. The molecular weight excluding hydrogens is 278 g/mol. The molecule has 5 nitrogen and oxygen atoms in total. The molecule has 1 atom stereocenters. The molecule has 0 aliphatic carbocycles. The van der Waals surface area contributed by atoms with Gasteiger partial charge in [-0.2, -0.15) is 0 Å². The number of aromatic nitrogens is 1. The lowest BCUT2D eigenvalue weighted by Crippen LogP contribution is -2.44. The van der Waals surface area contributed by atoms with Crippen molar-refractivity contribution in [1.82, 2.24) is 10.3 Å². The molecule has 1 unspecified atom stereocenters. The first-order valence-corrected chi connectivity index (χ1v) is 7.39. The molecule has 1 aliphatic heterocycles. The molecule has 0 fully saturated rings. The van der Waals surface area contributed by atoms with E-state index in [2.05, 4.69) is 15.2 Å². The minimum Gasteiger partial charge on any atom is -0.487 e. The molecule has 5 heteroatoms. The van der Waals surface area contributed by atoms with Crippen molar-refractivity contribution in [2.75, 3.05) is 18.0 Å². The molecule has 0 saturated carbocycles. The molecule has 0 bridgehead atoms. The molecule has 1 aliphatic rings. The van der Waals surface area contributed by atoms with E-state index in [4.69, 9.17) is 4.74 Å². The van der Waals surface area contributed by atoms with E-state index in [-0.39, 0.29) is 12.0 Å². The van der Waals surface area contributed by atoms with Crippen LogP contribution in [-0.2, 0) is 11.3 Å². The summed E-state index contributed by atoms with van der Waals surface area (Å²) < 4.78 is 5.79. The van der Waals surface area contributed by atoms with Gasteiger partial charge in [-0.15, -0.1) is 0 Å². The Morgan fingerprint density at radius 1 is 1.32 bits per heavy atom. The molecule has 1 aromatic heterocycles. The SMILES string of the molecule is CC1CN(CC(=O)NCc2ccccn2)c2ccccc2O1. The first-order valence-electron chi connectivity index (χ1n) is 7.39. The maximum Gasteiger partial charge on any atom is 0.239 e. The number of fused-ring (bicyclic) bond motifs is 1. The number of nitrogens with one attached hydrogen (secondary N) is 1. The van der Waals surface area contributed by atoms with Crippen molar-refractivity contribution >= 4 is 11.6 Å². The summed E-state index contributed by atoms with van der Waals surface area (Å²) in [6.07, 6.45) is 1.79. The second-order valence-electron chi connectivity index (χ2n) is 5.37. The van der Waals surface area contributed by atoms with E-state index in [9.17, 15) is 4.79 Å². The van der Waals surface area contributed by atoms with Gasteiger partial charge in [0.15, 0.2) is 0 Å². The van der Waals surface area contributed by atoms with Crippen LogP contribution in [0.2, 0.25) is 0 Å². The highest BCUT2D eigenvalue weighted by molar-refractivity contribution is 5.82. The molecule has 0 spiro atoms. The summed E-state index contributed by atoms with van der Waals surface area (Å²) in [7, 11) is 0. The van der Waals surface area contributed by atoms with Crippen molar-refractivity contribution in [3.63, 3.8) is 0 Å². The zero-order chi connectivity index (χ0) is 15.4. The van der Waals surface area contributed by atoms with Crippen LogP contribution in [0.4, 0.5) is 5.69 Å². The van der Waals surface area contributed by atoms with Gasteiger partial charge >= 0.3 is 0 Å². The number of nitrogens with zero attached hydrogens (tertiary/aromatic N) is 2. The Labute approximate surface area is 129 Å². The summed E-state index contributed by atoms with van der Waals surface area (Å²) in [5.74, 6) is 0.813. The van der Waals surface area contributed by atoms with Gasteiger partial charge in [-0.1, -0.05) is 18.2 Å². The number of hydrogen-bond donors (Lipinski definition) is 1. The van der Waals surface area contributed by atoms with Crippen molar-refractivity contribution in [2.24, 2.45) is 0 Å². The lowest BCUT2D eigenvalue weighted by Gasteiger charge is -2.34. The van der Waals surface area contributed by atoms with Gasteiger partial charge in [-0.3, -0.25) is 9.78 Å². The largest absolute Gasteiger partial charge is 0.487 e. The van der Waals surface area contributed by atoms with E-state index in [1.54, 1.807) is 6.20 Å². The Morgan fingerprint density at radius 3 is 2.95 bits per heavy atom. The third kappa shape index (κ3) is 3.36. The van der Waals surface area contributed by atoms with Crippen LogP contribution in [0.5, 0.6) is 5.75 Å². The van der Waals surface area contributed by atoms with Crippen LogP contribution in [0.3, 0.4) is 0 Å². The molecule has 2 aromatic rings. The van der Waals surface area contributed by atoms with E-state index >= 15 is 0 Å². The van der Waals surface area contributed by atoms with Crippen LogP contribution in [-0.4, -0.2) is 30.1 Å². The van der Waals surface area contributed by atoms with Crippen LogP contribution in [0.25, 0.3) is 0 Å². The second kappa shape index (κ2) is 6.47. The van der Waals surface area contributed by atoms with Gasteiger partial charge in [-0.25, -0.2) is 0 Å². The molecule has 1 aromatic carbocycles. The minimum atomic E-state index is -0.0189. The Hall–Kier alpha value is -2.56. The lowest BCUT2D eigenvalue weighted by atomic mass is 10.2. The zero-order valence-corrected chi connectivity index (χ0v) is 12.5. The van der Waals surface area contributed by atoms with Gasteiger partial charge in [0.05, 0.1) is 31.0 Å². The smallest absolute Gasteiger partial charge is 0.239 e. The molecule has 2 heterocycles. The zero-order valence-electron chi connectivity index (χ0n) is 12.5. The highest BCUT2D eigenvalue weighted by atomic mass is 16.5. The Kier molecular flexibility index (Phi) is 4.23. The summed E-state index contributed by atoms with van der Waals surface area (Å²) in [5, 5.41) is 2.91. The highest BCUT2D eigenvalue weighted by Crippen LogP contribution is 2.32. The first-order chi connectivity index (χ1) is 10.7. The van der Waals surface area contributed by atoms with Crippen LogP contribution < -0.4 is 15.0 Å². The van der Waals surface area contributed by atoms with E-state index < -0.39 is 0 Å². The van der Waals surface area contributed by atoms with Crippen molar-refractivity contribution < 1.29 is 9.53 Å². The van der Waals surface area contributed by atoms with Gasteiger partial charge < -0.3 is 15.0 Å². The number of rotatable bonds is 4. The lowest BCUT2D eigenvalue weighted by molar-refractivity contribution is -0.120. The molecule has 3 rings (SSSR count). The van der Waals surface area contributed by atoms with Gasteiger partial charge in [0.25, 0.3) is 0 Å². The minimum absolute atomic E-state index is 0.0189. The van der Waals surface area contributed by atoms with Gasteiger partial charge in [-0.05, 0) is 31.2 Å². The second-order valence-corrected chi connectivity index (χ2v) is 5.37. The van der Waals surface area contributed by atoms with E-state index in [0.717, 1.165) is 17.1 Å². The number of amides is 1. The first kappa shape index (κ1) is 14.4. The number of carbonyl (C=O) groups is 1. The number of para-hydroxylation sites is 2. The topological polar surface area (TPSA) is 54.5 Å². The van der Waals surface area contributed by atoms with Crippen LogP contribution in [0.15, 0.2) is 48.7 Å². The average molecular weight is 297 g/mol. The fourth-order valence-electron chi connectivity index (χ4n) is 2.55. The van der Waals surface area contributed by atoms with Crippen LogP contribution >= 0.6 is 0 Å². The third-order valence-electron chi connectivity index (χ3n) is 3.54. The van der Waals surface area contributed by atoms with Gasteiger partial charge in [0, 0.05) is 6.20 Å². The maximum atomic E-state index is 12.2. The van der Waals surface area contributed by atoms with E-state index in [1.165, 1.54) is 0 Å². The Morgan fingerprint density at radius 2 is 2.14 bits per heavy atom. The summed E-state index contributed by atoms with van der Waals surface area (Å²) in [6.45, 7) is 3.47. The molecular formula is C17H19N3O2. The van der Waals surface area contributed by atoms with Crippen molar-refractivity contribution in [1.29, 1.82) is 0 Å². The van der Waals surface area contributed by atoms with Crippen molar-refractivity contribution in [3.05, 3.63) is 54.4 Å². The molecule has 0 radical (unpaired) electrons. The van der Waals surface area contributed by atoms with Gasteiger partial charge in [0.1, 0.15) is 11.9 Å². The molecule has 22 heavy (non-hydrogen) atoms. The number of carbonyl (C=O) groups excluding carboxylic acids is 1. The number of ether oxygens (including phenoxy) is 1. The van der Waals surface area contributed by atoms with Crippen molar-refractivity contribution in [3.8, 4) is 5.75 Å². The van der Waals surface area contributed by atoms with E-state index in [1.807, 2.05) is 49.4 Å². The summed E-state index contributed by atoms with van der Waals surface area (Å²) in [4.78, 5) is 18.4. The molecule has 1 N–H and O–H groups in total. The summed E-state index contributed by atoms with van der Waals surface area (Å²) >= 11 is 0. The predicted octanol–water partition coefficient (Wildman–Crippen LogP) is 1.99. The van der Waals surface area contributed by atoms with E-state index in [0.29, 0.717) is 19.6 Å². The molecule has 0 saturated heterocycles. The third-order valence-corrected chi connectivity index (χ3v) is 3.54. The quantitative estimate of drug-likeness (QED) is 0.937. The summed E-state index contributed by atoms with van der Waals surface area (Å²) in [5.41, 5.74) is 1.82. The Bertz CT molecular complexity index is 645. The standard InChI is InChI=1S/C17H19N3O2/c1-13-11-20(15-7-2-3-8-16(15)22-13)12-17(21)19-10-14-6-4-5-9-18-14/h2-9,13H,10-12H2,1H3,(H,19,21). The Balaban J connectivity index is 1.62. The number of benzene rings is 1. The fraction of sp³-hybridized carbons (Fsp3) is 0.294. The fourth-order valence-corrected chi connectivity index (χ4v) is 2.55. The number of hydrogen-bond acceptors (Lipinski definition) is 4. The number of anilines is 1. The highest BCUT2D eigenvalue weighted by Gasteiger charge is 2.23. The summed E-state index contributed by atoms with van der Waals surface area (Å²) in [6, 6.07) is 13.5. The maximum absolute atomic E-state index is 12.2. The van der Waals surface area contributed by atoms with Crippen LogP contribution in [0, 0.1) is 0 Å². The molecule has 114 valence electrons. The molecule has 1 amide bonds. The average Bonchev–Trinajstić information content (AvgIpc) is 2.54. The van der Waals surface area contributed by atoms with Gasteiger partial charge in [0.2, 0.25) is 5.91 Å².